The van der Waals surface area contributed by atoms with Gasteiger partial charge in [0.25, 0.3) is 5.56 Å². The van der Waals surface area contributed by atoms with Gasteiger partial charge in [-0.1, -0.05) is 18.2 Å². The van der Waals surface area contributed by atoms with E-state index >= 15 is 0 Å². The minimum absolute atomic E-state index is 0.0470. The lowest BCUT2D eigenvalue weighted by Gasteiger charge is -2.20. The fourth-order valence-corrected chi connectivity index (χ4v) is 2.56. The molecule has 0 amide bonds. The van der Waals surface area contributed by atoms with Gasteiger partial charge in [0.2, 0.25) is 0 Å². The van der Waals surface area contributed by atoms with E-state index in [1.165, 1.54) is 0 Å². The summed E-state index contributed by atoms with van der Waals surface area (Å²) in [5, 5.41) is 6.22. The van der Waals surface area contributed by atoms with Crippen molar-refractivity contribution in [3.8, 4) is 5.69 Å². The van der Waals surface area contributed by atoms with Crippen molar-refractivity contribution in [2.45, 2.75) is 18.8 Å². The Morgan fingerprint density at radius 1 is 1.11 bits per heavy atom. The number of benzene rings is 1. The van der Waals surface area contributed by atoms with Crippen LogP contribution in [-0.4, -0.2) is 22.9 Å². The number of H-pyrrole nitrogens is 1. The molecule has 2 heterocycles. The predicted molar refractivity (Wildman–Crippen MR) is 71.2 cm³/mol. The minimum atomic E-state index is 0.0470. The molecule has 1 fully saturated rings. The Balaban J connectivity index is 1.93. The number of nitrogens with zero attached hydrogens (tertiary/aromatic N) is 1. The Morgan fingerprint density at radius 2 is 1.83 bits per heavy atom. The number of hydrogen-bond acceptors (Lipinski definition) is 2. The van der Waals surface area contributed by atoms with Crippen LogP contribution in [0.2, 0.25) is 0 Å². The fourth-order valence-electron chi connectivity index (χ4n) is 2.56. The molecule has 1 aliphatic heterocycles. The van der Waals surface area contributed by atoms with Gasteiger partial charge in [0.05, 0.1) is 5.69 Å². The van der Waals surface area contributed by atoms with Gasteiger partial charge in [-0.2, -0.15) is 0 Å². The predicted octanol–water partition coefficient (Wildman–Crippen LogP) is 1.63. The molecule has 4 nitrogen and oxygen atoms in total. The summed E-state index contributed by atoms with van der Waals surface area (Å²) in [5.41, 5.74) is 1.96. The highest BCUT2D eigenvalue weighted by molar-refractivity contribution is 5.31. The lowest BCUT2D eigenvalue weighted by atomic mass is 9.92. The maximum Gasteiger partial charge on any atom is 0.267 e. The van der Waals surface area contributed by atoms with E-state index in [0.29, 0.717) is 5.92 Å². The van der Waals surface area contributed by atoms with Crippen LogP contribution in [-0.2, 0) is 0 Å². The summed E-state index contributed by atoms with van der Waals surface area (Å²) in [7, 11) is 0. The largest absolute Gasteiger partial charge is 0.317 e. The van der Waals surface area contributed by atoms with Crippen molar-refractivity contribution in [2.24, 2.45) is 0 Å². The quantitative estimate of drug-likeness (QED) is 0.842. The first-order valence-electron chi connectivity index (χ1n) is 6.42. The SMILES string of the molecule is O=c1[nH]n(-c2ccccc2)cc1C1CCNCC1. The molecule has 2 aromatic rings. The van der Waals surface area contributed by atoms with Crippen molar-refractivity contribution >= 4 is 0 Å². The molecule has 0 aliphatic carbocycles. The molecule has 2 N–H and O–H groups in total. The van der Waals surface area contributed by atoms with Crippen LogP contribution < -0.4 is 10.9 Å². The molecule has 0 spiro atoms. The van der Waals surface area contributed by atoms with E-state index < -0.39 is 0 Å². The van der Waals surface area contributed by atoms with E-state index in [-0.39, 0.29) is 5.56 Å². The van der Waals surface area contributed by atoms with Crippen molar-refractivity contribution in [1.82, 2.24) is 15.1 Å². The highest BCUT2D eigenvalue weighted by atomic mass is 16.1. The summed E-state index contributed by atoms with van der Waals surface area (Å²) >= 11 is 0. The van der Waals surface area contributed by atoms with Gasteiger partial charge >= 0.3 is 0 Å². The van der Waals surface area contributed by atoms with Crippen LogP contribution in [0, 0.1) is 0 Å². The standard InChI is InChI=1S/C14H17N3O/c18-14-13(11-6-8-15-9-7-11)10-17(16-14)12-4-2-1-3-5-12/h1-5,10-11,15H,6-9H2,(H,16,18). The van der Waals surface area contributed by atoms with E-state index in [1.807, 2.05) is 41.2 Å². The number of aromatic amines is 1. The molecule has 1 aliphatic rings. The number of hydrogen-bond donors (Lipinski definition) is 2. The monoisotopic (exact) mass is 243 g/mol. The molecule has 18 heavy (non-hydrogen) atoms. The van der Waals surface area contributed by atoms with Crippen molar-refractivity contribution in [1.29, 1.82) is 0 Å². The maximum absolute atomic E-state index is 12.0. The van der Waals surface area contributed by atoms with E-state index in [1.54, 1.807) is 0 Å². The van der Waals surface area contributed by atoms with E-state index in [0.717, 1.165) is 37.2 Å². The Kier molecular flexibility index (Phi) is 3.02. The van der Waals surface area contributed by atoms with Crippen LogP contribution in [0.1, 0.15) is 24.3 Å². The van der Waals surface area contributed by atoms with Gasteiger partial charge in [-0.3, -0.25) is 14.6 Å². The molecule has 1 aromatic heterocycles. The first-order chi connectivity index (χ1) is 8.84. The maximum atomic E-state index is 12.0. The van der Waals surface area contributed by atoms with Gasteiger partial charge in [-0.25, -0.2) is 0 Å². The van der Waals surface area contributed by atoms with Gasteiger partial charge < -0.3 is 5.32 Å². The lowest BCUT2D eigenvalue weighted by molar-refractivity contribution is 0.459. The Hall–Kier alpha value is -1.81. The average Bonchev–Trinajstić information content (AvgIpc) is 2.83. The molecule has 4 heteroatoms. The van der Waals surface area contributed by atoms with E-state index in [9.17, 15) is 4.79 Å². The van der Waals surface area contributed by atoms with Gasteiger partial charge in [-0.15, -0.1) is 0 Å². The minimum Gasteiger partial charge on any atom is -0.317 e. The summed E-state index contributed by atoms with van der Waals surface area (Å²) in [6.45, 7) is 2.00. The molecule has 3 rings (SSSR count). The van der Waals surface area contributed by atoms with Gasteiger partial charge in [0.15, 0.2) is 0 Å². The summed E-state index contributed by atoms with van der Waals surface area (Å²) in [6, 6.07) is 9.89. The number of para-hydroxylation sites is 1. The fraction of sp³-hybridized carbons (Fsp3) is 0.357. The van der Waals surface area contributed by atoms with Crippen LogP contribution in [0.3, 0.4) is 0 Å². The molecule has 0 bridgehead atoms. The van der Waals surface area contributed by atoms with Crippen molar-refractivity contribution in [3.63, 3.8) is 0 Å². The third kappa shape index (κ3) is 2.11. The van der Waals surface area contributed by atoms with Crippen molar-refractivity contribution in [2.75, 3.05) is 13.1 Å². The second-order valence-electron chi connectivity index (χ2n) is 4.76. The molecule has 0 radical (unpaired) electrons. The number of piperidine rings is 1. The molecule has 1 aromatic carbocycles. The normalized spacial score (nSPS) is 16.9. The second-order valence-corrected chi connectivity index (χ2v) is 4.76. The Morgan fingerprint density at radius 3 is 2.56 bits per heavy atom. The van der Waals surface area contributed by atoms with Gasteiger partial charge in [-0.05, 0) is 44.0 Å². The molecule has 0 unspecified atom stereocenters. The van der Waals surface area contributed by atoms with Crippen LogP contribution in [0.4, 0.5) is 0 Å². The molecule has 0 atom stereocenters. The van der Waals surface area contributed by atoms with Crippen LogP contribution in [0.15, 0.2) is 41.3 Å². The smallest absolute Gasteiger partial charge is 0.267 e. The zero-order valence-electron chi connectivity index (χ0n) is 10.2. The summed E-state index contributed by atoms with van der Waals surface area (Å²) in [6.07, 6.45) is 4.04. The molecular formula is C14H17N3O. The van der Waals surface area contributed by atoms with Gasteiger partial charge in [0.1, 0.15) is 0 Å². The Bertz CT molecular complexity index is 564. The van der Waals surface area contributed by atoms with E-state index in [2.05, 4.69) is 10.4 Å². The zero-order chi connectivity index (χ0) is 12.4. The van der Waals surface area contributed by atoms with Crippen LogP contribution in [0.5, 0.6) is 0 Å². The summed E-state index contributed by atoms with van der Waals surface area (Å²) < 4.78 is 1.82. The number of rotatable bonds is 2. The number of nitrogens with one attached hydrogen (secondary N) is 2. The molecule has 0 saturated carbocycles. The summed E-state index contributed by atoms with van der Waals surface area (Å²) in [4.78, 5) is 12.0. The second kappa shape index (κ2) is 4.82. The first kappa shape index (κ1) is 11.3. The molecule has 1 saturated heterocycles. The van der Waals surface area contributed by atoms with Crippen molar-refractivity contribution in [3.05, 3.63) is 52.4 Å². The zero-order valence-corrected chi connectivity index (χ0v) is 10.2. The molecular weight excluding hydrogens is 226 g/mol. The lowest BCUT2D eigenvalue weighted by Crippen LogP contribution is -2.28. The van der Waals surface area contributed by atoms with Crippen molar-refractivity contribution < 1.29 is 0 Å². The van der Waals surface area contributed by atoms with Gasteiger partial charge in [0, 0.05) is 11.8 Å². The van der Waals surface area contributed by atoms with E-state index in [4.69, 9.17) is 0 Å². The van der Waals surface area contributed by atoms with Crippen LogP contribution >= 0.6 is 0 Å². The summed E-state index contributed by atoms with van der Waals surface area (Å²) in [5.74, 6) is 0.389. The highest BCUT2D eigenvalue weighted by Gasteiger charge is 2.19. The topological polar surface area (TPSA) is 49.8 Å². The molecule has 94 valence electrons. The number of aromatic nitrogens is 2. The third-order valence-corrected chi connectivity index (χ3v) is 3.57. The first-order valence-corrected chi connectivity index (χ1v) is 6.42. The van der Waals surface area contributed by atoms with Crippen LogP contribution in [0.25, 0.3) is 5.69 Å². The average molecular weight is 243 g/mol. The third-order valence-electron chi connectivity index (χ3n) is 3.57. The Labute approximate surface area is 106 Å². The highest BCUT2D eigenvalue weighted by Crippen LogP contribution is 2.22.